The first kappa shape index (κ1) is 19.6. The topological polar surface area (TPSA) is 65.5 Å². The minimum atomic E-state index is -0.496. The number of rotatable bonds is 7. The van der Waals surface area contributed by atoms with Crippen LogP contribution >= 0.6 is 23.4 Å². The summed E-state index contributed by atoms with van der Waals surface area (Å²) in [5, 5.41) is 9.84. The highest BCUT2D eigenvalue weighted by atomic mass is 35.5. The normalized spacial score (nSPS) is 12.0. The zero-order valence-corrected chi connectivity index (χ0v) is 15.6. The zero-order chi connectivity index (χ0) is 17.3. The number of guanidine groups is 1. The minimum absolute atomic E-state index is 0.00116. The standard InChI is InChI=1S/C16H25ClN4OS/c1-16(2,14(22)18-3)11-21-15(19-4)20-9-10-23-13-7-5-12(17)6-8-13/h5-8H,9-11H2,1-4H3,(H,18,22)(H2,19,20,21). The van der Waals surface area contributed by atoms with Gasteiger partial charge in [0.05, 0.1) is 5.41 Å². The van der Waals surface area contributed by atoms with Crippen molar-refractivity contribution in [2.45, 2.75) is 18.7 Å². The molecule has 1 rings (SSSR count). The van der Waals surface area contributed by atoms with E-state index in [-0.39, 0.29) is 5.91 Å². The number of nitrogens with one attached hydrogen (secondary N) is 3. The molecule has 0 aliphatic rings. The van der Waals surface area contributed by atoms with Gasteiger partial charge in [-0.05, 0) is 38.1 Å². The molecule has 0 bridgehead atoms. The Hall–Kier alpha value is -1.40. The van der Waals surface area contributed by atoms with Crippen LogP contribution in [0.5, 0.6) is 0 Å². The number of carbonyl (C=O) groups excluding carboxylic acids is 1. The third-order valence-corrected chi connectivity index (χ3v) is 4.51. The first-order valence-electron chi connectivity index (χ1n) is 7.44. The molecule has 23 heavy (non-hydrogen) atoms. The highest BCUT2D eigenvalue weighted by molar-refractivity contribution is 7.99. The molecule has 0 radical (unpaired) electrons. The summed E-state index contributed by atoms with van der Waals surface area (Å²) in [6, 6.07) is 7.79. The van der Waals surface area contributed by atoms with E-state index in [1.54, 1.807) is 25.9 Å². The van der Waals surface area contributed by atoms with E-state index in [2.05, 4.69) is 20.9 Å². The van der Waals surface area contributed by atoms with Crippen LogP contribution in [0.2, 0.25) is 5.02 Å². The largest absolute Gasteiger partial charge is 0.359 e. The van der Waals surface area contributed by atoms with Crippen molar-refractivity contribution < 1.29 is 4.79 Å². The predicted octanol–water partition coefficient (Wildman–Crippen LogP) is 2.37. The summed E-state index contributed by atoms with van der Waals surface area (Å²) in [6.45, 7) is 5.06. The summed E-state index contributed by atoms with van der Waals surface area (Å²) in [7, 11) is 3.36. The van der Waals surface area contributed by atoms with Crippen LogP contribution in [0.25, 0.3) is 0 Å². The molecule has 7 heteroatoms. The third kappa shape index (κ3) is 7.14. The lowest BCUT2D eigenvalue weighted by Crippen LogP contribution is -2.47. The van der Waals surface area contributed by atoms with Crippen LogP contribution < -0.4 is 16.0 Å². The summed E-state index contributed by atoms with van der Waals surface area (Å²) >= 11 is 7.61. The van der Waals surface area contributed by atoms with E-state index >= 15 is 0 Å². The summed E-state index contributed by atoms with van der Waals surface area (Å²) in [6.07, 6.45) is 0. The molecule has 1 aromatic carbocycles. The lowest BCUT2D eigenvalue weighted by molar-refractivity contribution is -0.128. The molecule has 0 unspecified atom stereocenters. The molecular formula is C16H25ClN4OS. The number of hydrogen-bond donors (Lipinski definition) is 3. The smallest absolute Gasteiger partial charge is 0.227 e. The average Bonchev–Trinajstić information content (AvgIpc) is 2.55. The van der Waals surface area contributed by atoms with Crippen molar-refractivity contribution in [1.29, 1.82) is 0 Å². The fourth-order valence-electron chi connectivity index (χ4n) is 1.81. The van der Waals surface area contributed by atoms with Crippen LogP contribution in [0.1, 0.15) is 13.8 Å². The number of hydrogen-bond acceptors (Lipinski definition) is 3. The van der Waals surface area contributed by atoms with Gasteiger partial charge in [-0.25, -0.2) is 0 Å². The van der Waals surface area contributed by atoms with Gasteiger partial charge < -0.3 is 16.0 Å². The van der Waals surface area contributed by atoms with Crippen LogP contribution in [0.4, 0.5) is 0 Å². The van der Waals surface area contributed by atoms with Crippen molar-refractivity contribution in [3.63, 3.8) is 0 Å². The van der Waals surface area contributed by atoms with Crippen molar-refractivity contribution in [1.82, 2.24) is 16.0 Å². The Balaban J connectivity index is 2.31. The van der Waals surface area contributed by atoms with Gasteiger partial charge in [0, 0.05) is 42.9 Å². The molecule has 0 aliphatic carbocycles. The highest BCUT2D eigenvalue weighted by Gasteiger charge is 2.26. The number of carbonyl (C=O) groups is 1. The number of halogens is 1. The highest BCUT2D eigenvalue weighted by Crippen LogP contribution is 2.19. The molecular weight excluding hydrogens is 332 g/mol. The van der Waals surface area contributed by atoms with E-state index in [1.165, 1.54) is 4.90 Å². The Morgan fingerprint density at radius 2 is 1.91 bits per heavy atom. The van der Waals surface area contributed by atoms with Gasteiger partial charge in [0.15, 0.2) is 5.96 Å². The second-order valence-corrected chi connectivity index (χ2v) is 7.22. The lowest BCUT2D eigenvalue weighted by atomic mass is 9.92. The molecule has 5 nitrogen and oxygen atoms in total. The first-order valence-corrected chi connectivity index (χ1v) is 8.80. The van der Waals surface area contributed by atoms with Crippen LogP contribution in [0.15, 0.2) is 34.2 Å². The lowest BCUT2D eigenvalue weighted by Gasteiger charge is -2.24. The maximum absolute atomic E-state index is 11.8. The Morgan fingerprint density at radius 1 is 1.26 bits per heavy atom. The van der Waals surface area contributed by atoms with Crippen molar-refractivity contribution in [2.24, 2.45) is 10.4 Å². The molecule has 1 amide bonds. The molecule has 128 valence electrons. The molecule has 3 N–H and O–H groups in total. The molecule has 0 saturated carbocycles. The van der Waals surface area contributed by atoms with Gasteiger partial charge >= 0.3 is 0 Å². The Kier molecular flexibility index (Phi) is 8.26. The van der Waals surface area contributed by atoms with Gasteiger partial charge in [-0.3, -0.25) is 9.79 Å². The maximum Gasteiger partial charge on any atom is 0.227 e. The van der Waals surface area contributed by atoms with Crippen LogP contribution in [-0.2, 0) is 4.79 Å². The number of benzene rings is 1. The number of thioether (sulfide) groups is 1. The van der Waals surface area contributed by atoms with E-state index in [0.29, 0.717) is 12.5 Å². The number of nitrogens with zero attached hydrogens (tertiary/aromatic N) is 1. The monoisotopic (exact) mass is 356 g/mol. The van der Waals surface area contributed by atoms with Gasteiger partial charge in [0.25, 0.3) is 0 Å². The molecule has 0 heterocycles. The van der Waals surface area contributed by atoms with Gasteiger partial charge in [0.1, 0.15) is 0 Å². The van der Waals surface area contributed by atoms with Crippen LogP contribution in [0.3, 0.4) is 0 Å². The van der Waals surface area contributed by atoms with E-state index in [0.717, 1.165) is 17.3 Å². The second kappa shape index (κ2) is 9.67. The molecule has 0 aliphatic heterocycles. The number of amides is 1. The molecule has 0 spiro atoms. The fourth-order valence-corrected chi connectivity index (χ4v) is 2.71. The van der Waals surface area contributed by atoms with Crippen molar-refractivity contribution in [2.75, 3.05) is 32.9 Å². The molecule has 0 fully saturated rings. The number of aliphatic imine (C=N–C) groups is 1. The maximum atomic E-state index is 11.8. The van der Waals surface area contributed by atoms with E-state index in [4.69, 9.17) is 11.6 Å². The molecule has 0 atom stereocenters. The van der Waals surface area contributed by atoms with E-state index in [1.807, 2.05) is 38.1 Å². The summed E-state index contributed by atoms with van der Waals surface area (Å²) < 4.78 is 0. The quantitative estimate of drug-likeness (QED) is 0.304. The first-order chi connectivity index (χ1) is 10.9. The fraction of sp³-hybridized carbons (Fsp3) is 0.500. The van der Waals surface area contributed by atoms with Gasteiger partial charge in [-0.1, -0.05) is 11.6 Å². The van der Waals surface area contributed by atoms with Crippen molar-refractivity contribution in [3.8, 4) is 0 Å². The van der Waals surface area contributed by atoms with Crippen molar-refractivity contribution >= 4 is 35.2 Å². The van der Waals surface area contributed by atoms with Crippen molar-refractivity contribution in [3.05, 3.63) is 29.3 Å². The van der Waals surface area contributed by atoms with E-state index < -0.39 is 5.41 Å². The van der Waals surface area contributed by atoms with Crippen LogP contribution in [0, 0.1) is 5.41 Å². The zero-order valence-electron chi connectivity index (χ0n) is 14.1. The minimum Gasteiger partial charge on any atom is -0.359 e. The van der Waals surface area contributed by atoms with Gasteiger partial charge in [-0.15, -0.1) is 11.8 Å². The Bertz CT molecular complexity index is 531. The van der Waals surface area contributed by atoms with Gasteiger partial charge in [0.2, 0.25) is 5.91 Å². The average molecular weight is 357 g/mol. The van der Waals surface area contributed by atoms with Gasteiger partial charge in [-0.2, -0.15) is 0 Å². The third-order valence-electron chi connectivity index (χ3n) is 3.24. The summed E-state index contributed by atoms with van der Waals surface area (Å²) in [4.78, 5) is 17.1. The summed E-state index contributed by atoms with van der Waals surface area (Å²) in [5.41, 5.74) is -0.496. The molecule has 0 aromatic heterocycles. The molecule has 1 aromatic rings. The van der Waals surface area contributed by atoms with Crippen LogP contribution in [-0.4, -0.2) is 44.8 Å². The Labute approximate surface area is 147 Å². The SMILES string of the molecule is CN=C(NCCSc1ccc(Cl)cc1)NCC(C)(C)C(=O)NC. The Morgan fingerprint density at radius 3 is 2.48 bits per heavy atom. The second-order valence-electron chi connectivity index (χ2n) is 5.62. The predicted molar refractivity (Wildman–Crippen MR) is 99.4 cm³/mol. The van der Waals surface area contributed by atoms with E-state index in [9.17, 15) is 4.79 Å². The summed E-state index contributed by atoms with van der Waals surface area (Å²) in [5.74, 6) is 1.60. The molecule has 0 saturated heterocycles.